The molecule has 2 rings (SSSR count). The Bertz CT molecular complexity index is 778. The first kappa shape index (κ1) is 20.9. The highest BCUT2D eigenvalue weighted by molar-refractivity contribution is 6.30. The van der Waals surface area contributed by atoms with Gasteiger partial charge >= 0.3 is 0 Å². The summed E-state index contributed by atoms with van der Waals surface area (Å²) < 4.78 is 11.1. The van der Waals surface area contributed by atoms with Gasteiger partial charge < -0.3 is 20.1 Å². The van der Waals surface area contributed by atoms with Crippen LogP contribution in [0.15, 0.2) is 36.4 Å². The fourth-order valence-electron chi connectivity index (χ4n) is 2.70. The number of ether oxygens (including phenoxy) is 2. The molecule has 0 fully saturated rings. The maximum atomic E-state index is 12.0. The van der Waals surface area contributed by atoms with E-state index in [4.69, 9.17) is 21.1 Å². The van der Waals surface area contributed by atoms with Crippen LogP contribution >= 0.6 is 11.6 Å². The fraction of sp³-hybridized carbons (Fsp3) is 0.381. The molecule has 0 heterocycles. The molecule has 0 aliphatic heterocycles. The maximum Gasteiger partial charge on any atom is 0.224 e. The van der Waals surface area contributed by atoms with Crippen LogP contribution in [0, 0.1) is 5.92 Å². The summed E-state index contributed by atoms with van der Waals surface area (Å²) in [5.74, 6) is 1.62. The Balaban J connectivity index is 2.12. The van der Waals surface area contributed by atoms with Crippen molar-refractivity contribution >= 4 is 28.9 Å². The van der Waals surface area contributed by atoms with Gasteiger partial charge in [0.25, 0.3) is 0 Å². The average molecular weight is 391 g/mol. The summed E-state index contributed by atoms with van der Waals surface area (Å²) in [4.78, 5) is 12.0. The lowest BCUT2D eigenvalue weighted by Gasteiger charge is -2.16. The molecule has 0 atom stereocenters. The summed E-state index contributed by atoms with van der Waals surface area (Å²) in [5, 5.41) is 6.86. The molecule has 0 saturated carbocycles. The first-order valence-corrected chi connectivity index (χ1v) is 9.43. The quantitative estimate of drug-likeness (QED) is 0.606. The molecular weight excluding hydrogens is 364 g/mol. The van der Waals surface area contributed by atoms with Gasteiger partial charge in [0.2, 0.25) is 5.91 Å². The largest absolute Gasteiger partial charge is 0.493 e. The lowest BCUT2D eigenvalue weighted by atomic mass is 10.1. The number of anilines is 2. The average Bonchev–Trinajstić information content (AvgIpc) is 2.61. The number of carbonyl (C=O) groups excluding carboxylic acids is 1. The highest BCUT2D eigenvalue weighted by Gasteiger charge is 2.13. The van der Waals surface area contributed by atoms with Crippen molar-refractivity contribution in [1.29, 1.82) is 0 Å². The Hall–Kier alpha value is -2.40. The molecule has 6 heteroatoms. The zero-order chi connectivity index (χ0) is 19.8. The summed E-state index contributed by atoms with van der Waals surface area (Å²) in [6, 6.07) is 11.2. The van der Waals surface area contributed by atoms with Gasteiger partial charge in [0.15, 0.2) is 11.5 Å². The number of amides is 1. The molecule has 27 heavy (non-hydrogen) atoms. The minimum atomic E-state index is 0.0142. The van der Waals surface area contributed by atoms with Gasteiger partial charge in [-0.25, -0.2) is 0 Å². The van der Waals surface area contributed by atoms with Crippen LogP contribution in [0.1, 0.15) is 32.8 Å². The third-order valence-corrected chi connectivity index (χ3v) is 4.05. The number of hydrogen-bond acceptors (Lipinski definition) is 4. The molecule has 0 radical (unpaired) electrons. The van der Waals surface area contributed by atoms with E-state index in [-0.39, 0.29) is 5.91 Å². The normalized spacial score (nSPS) is 10.6. The number of rotatable bonds is 9. The smallest absolute Gasteiger partial charge is 0.224 e. The van der Waals surface area contributed by atoms with Crippen LogP contribution in [0.25, 0.3) is 0 Å². The van der Waals surface area contributed by atoms with Crippen LogP contribution in [-0.4, -0.2) is 19.6 Å². The number of halogens is 1. The van der Waals surface area contributed by atoms with Gasteiger partial charge in [-0.2, -0.15) is 0 Å². The molecule has 0 bridgehead atoms. The molecule has 0 aromatic heterocycles. The van der Waals surface area contributed by atoms with Crippen molar-refractivity contribution in [1.82, 2.24) is 0 Å². The third kappa shape index (κ3) is 6.36. The Morgan fingerprint density at radius 3 is 2.59 bits per heavy atom. The van der Waals surface area contributed by atoms with Crippen LogP contribution in [-0.2, 0) is 11.3 Å². The highest BCUT2D eigenvalue weighted by Crippen LogP contribution is 2.35. The molecule has 0 aliphatic rings. The first-order valence-electron chi connectivity index (χ1n) is 9.06. The van der Waals surface area contributed by atoms with Crippen molar-refractivity contribution in [2.45, 2.75) is 33.7 Å². The minimum Gasteiger partial charge on any atom is -0.493 e. The van der Waals surface area contributed by atoms with Crippen LogP contribution in [0.5, 0.6) is 11.5 Å². The lowest BCUT2D eigenvalue weighted by Crippen LogP contribution is -2.14. The van der Waals surface area contributed by atoms with Crippen molar-refractivity contribution in [2.75, 3.05) is 24.4 Å². The van der Waals surface area contributed by atoms with E-state index in [9.17, 15) is 4.79 Å². The molecule has 0 unspecified atom stereocenters. The van der Waals surface area contributed by atoms with Crippen molar-refractivity contribution < 1.29 is 14.3 Å². The van der Waals surface area contributed by atoms with Gasteiger partial charge in [0.05, 0.1) is 13.7 Å². The summed E-state index contributed by atoms with van der Waals surface area (Å²) in [5.41, 5.74) is 2.55. The standard InChI is InChI=1S/C21H27ClN2O3/c1-5-27-21-15(10-16(22)11-19(21)26-4)13-23-17-7-6-8-18(12-17)24-20(25)9-14(2)3/h6-8,10-12,14,23H,5,9,13H2,1-4H3,(H,24,25). The molecule has 2 aromatic rings. The Kier molecular flexibility index (Phi) is 7.80. The topological polar surface area (TPSA) is 59.6 Å². The summed E-state index contributed by atoms with van der Waals surface area (Å²) in [6.45, 7) is 7.01. The summed E-state index contributed by atoms with van der Waals surface area (Å²) in [6.07, 6.45) is 0.498. The van der Waals surface area contributed by atoms with E-state index in [2.05, 4.69) is 10.6 Å². The van der Waals surface area contributed by atoms with Gasteiger partial charge in [-0.1, -0.05) is 31.5 Å². The van der Waals surface area contributed by atoms with E-state index in [1.165, 1.54) is 0 Å². The minimum absolute atomic E-state index is 0.0142. The number of methoxy groups -OCH3 is 1. The predicted molar refractivity (Wildman–Crippen MR) is 111 cm³/mol. The fourth-order valence-corrected chi connectivity index (χ4v) is 2.93. The SMILES string of the molecule is CCOc1c(CNc2cccc(NC(=O)CC(C)C)c2)cc(Cl)cc1OC. The molecule has 0 saturated heterocycles. The Morgan fingerprint density at radius 1 is 1.19 bits per heavy atom. The molecule has 146 valence electrons. The number of hydrogen-bond donors (Lipinski definition) is 2. The second-order valence-electron chi connectivity index (χ2n) is 6.61. The van der Waals surface area contributed by atoms with Gasteiger partial charge in [0.1, 0.15) is 0 Å². The van der Waals surface area contributed by atoms with E-state index < -0.39 is 0 Å². The zero-order valence-electron chi connectivity index (χ0n) is 16.3. The molecule has 5 nitrogen and oxygen atoms in total. The molecule has 0 spiro atoms. The van der Waals surface area contributed by atoms with Gasteiger partial charge in [-0.05, 0) is 37.1 Å². The number of benzene rings is 2. The van der Waals surface area contributed by atoms with Crippen LogP contribution in [0.3, 0.4) is 0 Å². The highest BCUT2D eigenvalue weighted by atomic mass is 35.5. The molecule has 2 N–H and O–H groups in total. The molecular formula is C21H27ClN2O3. The first-order chi connectivity index (χ1) is 12.9. The van der Waals surface area contributed by atoms with Gasteiger partial charge in [0, 0.05) is 41.0 Å². The van der Waals surface area contributed by atoms with Crippen LogP contribution in [0.4, 0.5) is 11.4 Å². The molecule has 1 amide bonds. The van der Waals surface area contributed by atoms with Crippen molar-refractivity contribution in [3.05, 3.63) is 47.0 Å². The van der Waals surface area contributed by atoms with E-state index in [1.807, 2.05) is 51.1 Å². The second-order valence-corrected chi connectivity index (χ2v) is 7.05. The van der Waals surface area contributed by atoms with Crippen molar-refractivity contribution in [3.63, 3.8) is 0 Å². The number of nitrogens with one attached hydrogen (secondary N) is 2. The Labute approximate surface area is 166 Å². The Morgan fingerprint density at radius 2 is 1.93 bits per heavy atom. The summed E-state index contributed by atoms with van der Waals surface area (Å²) >= 11 is 6.20. The molecule has 0 aliphatic carbocycles. The van der Waals surface area contributed by atoms with E-state index in [0.717, 1.165) is 16.9 Å². The lowest BCUT2D eigenvalue weighted by molar-refractivity contribution is -0.116. The van der Waals surface area contributed by atoms with E-state index >= 15 is 0 Å². The maximum absolute atomic E-state index is 12.0. The third-order valence-electron chi connectivity index (χ3n) is 3.83. The molecule has 2 aromatic carbocycles. The summed E-state index contributed by atoms with van der Waals surface area (Å²) in [7, 11) is 1.59. The van der Waals surface area contributed by atoms with Gasteiger partial charge in [-0.3, -0.25) is 4.79 Å². The van der Waals surface area contributed by atoms with Crippen LogP contribution in [0.2, 0.25) is 5.02 Å². The monoisotopic (exact) mass is 390 g/mol. The van der Waals surface area contributed by atoms with E-state index in [1.54, 1.807) is 13.2 Å². The van der Waals surface area contributed by atoms with Gasteiger partial charge in [-0.15, -0.1) is 0 Å². The van der Waals surface area contributed by atoms with Crippen LogP contribution < -0.4 is 20.1 Å². The van der Waals surface area contributed by atoms with E-state index in [0.29, 0.717) is 42.0 Å². The number of carbonyl (C=O) groups is 1. The predicted octanol–water partition coefficient (Wildman–Crippen LogP) is 5.34. The van der Waals surface area contributed by atoms with Crippen molar-refractivity contribution in [2.24, 2.45) is 5.92 Å². The second kappa shape index (κ2) is 10.1. The van der Waals surface area contributed by atoms with Crippen molar-refractivity contribution in [3.8, 4) is 11.5 Å². The zero-order valence-corrected chi connectivity index (χ0v) is 17.0.